The van der Waals surface area contributed by atoms with Crippen molar-refractivity contribution in [2.24, 2.45) is 0 Å². The molecule has 6 atom stereocenters. The van der Waals surface area contributed by atoms with Crippen LogP contribution in [0.2, 0.25) is 0 Å². The smallest absolute Gasteiger partial charge is 0.305 e. The summed E-state index contributed by atoms with van der Waals surface area (Å²) in [6.07, 6.45) is 11.0. The first-order chi connectivity index (χ1) is 60.0. The van der Waals surface area contributed by atoms with E-state index in [1.807, 2.05) is 0 Å². The Hall–Kier alpha value is -11.1. The first-order valence-electron chi connectivity index (χ1n) is 45.4. The molecule has 3 aliphatic heterocycles. The van der Waals surface area contributed by atoms with Gasteiger partial charge in [0, 0.05) is 58.5 Å². The van der Waals surface area contributed by atoms with E-state index >= 15 is 0 Å². The lowest BCUT2D eigenvalue weighted by atomic mass is 9.96. The Morgan fingerprint density at radius 2 is 0.550 bits per heavy atom. The molecule has 42 heteroatoms. The number of carbonyl (C=O) groups excluding carboxylic acids is 20. The molecule has 3 heterocycles. The summed E-state index contributed by atoms with van der Waals surface area (Å²) in [7, 11) is 0. The van der Waals surface area contributed by atoms with Gasteiger partial charge in [0.1, 0.15) is 97.2 Å². The molecule has 3 saturated heterocycles. The largest absolute Gasteiger partial charge is 0.481 e. The van der Waals surface area contributed by atoms with Gasteiger partial charge in [-0.05, 0) is 218 Å². The molecule has 20 amide bonds. The molecule has 0 saturated carbocycles. The standard InChI is InChI=1S/C89H152N20O22/c1-27-28-29-30-31-32-33-34-35-42-59(111)97-87(21,22)76(129)108-50-37-40-56(108)66(119)99-84(15,16)73(126)106-89(25,26)78(131)109-51-38-41-57(109)67(120)100-83(13,14)72(125)105-88(23,24)77(130)107-49-36-39-55(107)65(118)94-52(2)62(115)90-46-43-58(110)93-54(4)64(117)98-82(11,12)71(124)104-85(17,18)74(127)101-79(5,6)68(121)92-47-44-60(112)96-81(9,10)70(123)103-86(19,20)75(128)102-80(7,8)69(122)95-53(3)63(116)91-48-45-61(113)114/h52-57H,27-51H2,1-26H3,(H,90,115)(H,91,116)(H,92,121)(H,93,110)(H,94,118)(H,95,122)(H,96,112)(H,97,111)(H,98,117)(H,99,119)(H,100,120)(H,101,127)(H,102,128)(H,103,123)(H,104,124)(H,105,125)(H,106,126)(H,113,114). The number of unbranched alkanes of at least 4 members (excludes halogenated alkanes) is 8. The van der Waals surface area contributed by atoms with Gasteiger partial charge in [-0.15, -0.1) is 0 Å². The lowest BCUT2D eigenvalue weighted by molar-refractivity contribution is -0.148. The summed E-state index contributed by atoms with van der Waals surface area (Å²) >= 11 is 0. The number of nitrogens with one attached hydrogen (secondary N) is 17. The minimum Gasteiger partial charge on any atom is -0.481 e. The molecule has 18 N–H and O–H groups in total. The van der Waals surface area contributed by atoms with Crippen LogP contribution in [0.5, 0.6) is 0 Å². The van der Waals surface area contributed by atoms with Gasteiger partial charge >= 0.3 is 5.97 Å². The maximum Gasteiger partial charge on any atom is 0.305 e. The van der Waals surface area contributed by atoms with Gasteiger partial charge in [-0.25, -0.2) is 0 Å². The van der Waals surface area contributed by atoms with Crippen LogP contribution in [0, 0.1) is 0 Å². The average molecular weight is 1850 g/mol. The van der Waals surface area contributed by atoms with Crippen LogP contribution in [0.1, 0.15) is 302 Å². The van der Waals surface area contributed by atoms with E-state index in [9.17, 15) is 101 Å². The highest BCUT2D eigenvalue weighted by atomic mass is 16.4. The van der Waals surface area contributed by atoms with Crippen molar-refractivity contribution in [3.63, 3.8) is 0 Å². The number of carboxylic acids is 1. The zero-order valence-electron chi connectivity index (χ0n) is 82.0. The van der Waals surface area contributed by atoms with E-state index in [2.05, 4.69) is 97.3 Å². The molecule has 740 valence electrons. The highest BCUT2D eigenvalue weighted by molar-refractivity contribution is 6.05. The molecule has 0 aromatic rings. The van der Waals surface area contributed by atoms with E-state index in [0.717, 1.165) is 19.3 Å². The first kappa shape index (κ1) is 114. The Kier molecular flexibility index (Phi) is 41.2. The fraction of sp³-hybridized carbons (Fsp3) is 0.764. The van der Waals surface area contributed by atoms with Crippen molar-refractivity contribution in [1.29, 1.82) is 0 Å². The second kappa shape index (κ2) is 47.3. The fourth-order valence-corrected chi connectivity index (χ4v) is 14.4. The topological polar surface area (TPSA) is 593 Å². The van der Waals surface area contributed by atoms with Crippen LogP contribution >= 0.6 is 0 Å². The number of hydrogen-bond acceptors (Lipinski definition) is 21. The second-order valence-corrected chi connectivity index (χ2v) is 40.4. The zero-order valence-corrected chi connectivity index (χ0v) is 82.0. The number of hydrogen-bond donors (Lipinski definition) is 18. The van der Waals surface area contributed by atoms with Crippen molar-refractivity contribution >= 4 is 124 Å². The third kappa shape index (κ3) is 34.5. The molecular weight excluding hydrogens is 1700 g/mol. The Morgan fingerprint density at radius 1 is 0.275 bits per heavy atom. The van der Waals surface area contributed by atoms with Crippen LogP contribution in [0.15, 0.2) is 0 Å². The van der Waals surface area contributed by atoms with Crippen molar-refractivity contribution in [2.45, 2.75) is 399 Å². The van der Waals surface area contributed by atoms with Crippen molar-refractivity contribution in [1.82, 2.24) is 105 Å². The fourth-order valence-electron chi connectivity index (χ4n) is 14.4. The van der Waals surface area contributed by atoms with Gasteiger partial charge < -0.3 is 110 Å². The van der Waals surface area contributed by atoms with E-state index in [-0.39, 0.29) is 83.7 Å². The van der Waals surface area contributed by atoms with Crippen molar-refractivity contribution in [3.8, 4) is 0 Å². The van der Waals surface area contributed by atoms with Gasteiger partial charge in [-0.2, -0.15) is 0 Å². The molecule has 0 aromatic heterocycles. The summed E-state index contributed by atoms with van der Waals surface area (Å²) in [6.45, 7) is 36.8. The molecule has 0 aromatic carbocycles. The summed E-state index contributed by atoms with van der Waals surface area (Å²) in [6, 6.07) is -6.66. The second-order valence-electron chi connectivity index (χ2n) is 40.4. The quantitative estimate of drug-likeness (QED) is 0.0352. The van der Waals surface area contributed by atoms with Gasteiger partial charge in [-0.1, -0.05) is 58.3 Å². The van der Waals surface area contributed by atoms with Crippen LogP contribution < -0.4 is 90.4 Å². The average Bonchev–Trinajstić information content (AvgIpc) is 1.76. The minimum atomic E-state index is -1.73. The number of likely N-dealkylation sites (tertiary alicyclic amines) is 3. The molecule has 131 heavy (non-hydrogen) atoms. The SMILES string of the molecule is CCCCCCCCCCCC(=O)NC(C)(C)C(=O)N1CCCC1C(=O)NC(C)(C)C(=O)NC(C)(C)C(=O)N1CCCC1C(=O)NC(C)(C)C(=O)NC(C)(C)C(=O)N1CCCC1C(=O)NC(C)C(=O)NCCC(=O)NC(C)C(=O)NC(C)(C)C(=O)NC(C)(C)C(=O)NC(C)(C)C(=O)NCCC(=O)NC(C)(C)C(=O)NC(C)(C)C(=O)NC(C)(C)C(=O)NC(C)C(=O)NCCC(=O)O. The third-order valence-corrected chi connectivity index (χ3v) is 23.1. The van der Waals surface area contributed by atoms with Crippen LogP contribution in [-0.4, -0.2) is 280 Å². The van der Waals surface area contributed by atoms with E-state index in [1.54, 1.807) is 13.8 Å². The predicted molar refractivity (Wildman–Crippen MR) is 484 cm³/mol. The van der Waals surface area contributed by atoms with Gasteiger partial charge in [0.15, 0.2) is 0 Å². The number of rotatable bonds is 50. The number of nitrogens with zero attached hydrogens (tertiary/aromatic N) is 3. The summed E-state index contributed by atoms with van der Waals surface area (Å²) < 4.78 is 0. The summed E-state index contributed by atoms with van der Waals surface area (Å²) in [5.74, 6) is -15.1. The van der Waals surface area contributed by atoms with Gasteiger partial charge in [0.2, 0.25) is 118 Å². The zero-order chi connectivity index (χ0) is 101. The molecule has 0 spiro atoms. The maximum atomic E-state index is 14.4. The summed E-state index contributed by atoms with van der Waals surface area (Å²) in [4.78, 5) is 287. The minimum absolute atomic E-state index is 0.103. The molecule has 42 nitrogen and oxygen atoms in total. The van der Waals surface area contributed by atoms with E-state index in [0.29, 0.717) is 32.1 Å². The third-order valence-electron chi connectivity index (χ3n) is 23.1. The highest BCUT2D eigenvalue weighted by Crippen LogP contribution is 2.28. The van der Waals surface area contributed by atoms with Gasteiger partial charge in [0.05, 0.1) is 6.42 Å². The van der Waals surface area contributed by atoms with E-state index in [4.69, 9.17) is 5.11 Å². The Labute approximate surface area is 770 Å². The molecule has 0 radical (unpaired) electrons. The number of carboxylic acid groups (broad SMARTS) is 1. The van der Waals surface area contributed by atoms with Gasteiger partial charge in [0.25, 0.3) is 0 Å². The lowest BCUT2D eigenvalue weighted by Crippen LogP contribution is -2.67. The maximum absolute atomic E-state index is 14.4. The van der Waals surface area contributed by atoms with E-state index < -0.39 is 215 Å². The molecule has 6 unspecified atom stereocenters. The van der Waals surface area contributed by atoms with E-state index in [1.165, 1.54) is 206 Å². The first-order valence-corrected chi connectivity index (χ1v) is 45.4. The number of aliphatic carboxylic acids is 1. The molecule has 3 aliphatic rings. The normalized spacial score (nSPS) is 16.5. The van der Waals surface area contributed by atoms with Crippen LogP contribution in [0.25, 0.3) is 0 Å². The van der Waals surface area contributed by atoms with Crippen molar-refractivity contribution < 1.29 is 106 Å². The van der Waals surface area contributed by atoms with Crippen LogP contribution in [0.3, 0.4) is 0 Å². The Bertz CT molecular complexity index is 4220. The number of carbonyl (C=O) groups is 21. The molecule has 0 aliphatic carbocycles. The Morgan fingerprint density at radius 3 is 0.939 bits per heavy atom. The summed E-state index contributed by atoms with van der Waals surface area (Å²) in [5, 5.41) is 52.8. The molecule has 3 fully saturated rings. The molecular formula is C89H152N20O22. The molecule has 3 rings (SSSR count). The number of amides is 20. The lowest BCUT2D eigenvalue weighted by Gasteiger charge is -2.38. The molecule has 0 bridgehead atoms. The monoisotopic (exact) mass is 1850 g/mol. The van der Waals surface area contributed by atoms with Crippen LogP contribution in [0.4, 0.5) is 0 Å². The van der Waals surface area contributed by atoms with Gasteiger partial charge in [-0.3, -0.25) is 101 Å². The predicted octanol–water partition coefficient (Wildman–Crippen LogP) is -0.159. The summed E-state index contributed by atoms with van der Waals surface area (Å²) in [5.41, 5.74) is -18.0. The highest BCUT2D eigenvalue weighted by Gasteiger charge is 2.51. The Balaban J connectivity index is 1.47. The van der Waals surface area contributed by atoms with Crippen molar-refractivity contribution in [3.05, 3.63) is 0 Å². The van der Waals surface area contributed by atoms with Crippen LogP contribution in [-0.2, 0) is 101 Å². The van der Waals surface area contributed by atoms with Crippen molar-refractivity contribution in [2.75, 3.05) is 39.3 Å².